The van der Waals surface area contributed by atoms with Crippen molar-refractivity contribution >= 4 is 16.9 Å². The first-order chi connectivity index (χ1) is 11.7. The van der Waals surface area contributed by atoms with Crippen molar-refractivity contribution in [1.29, 1.82) is 5.26 Å². The van der Waals surface area contributed by atoms with Gasteiger partial charge in [-0.1, -0.05) is 18.2 Å². The number of imidazole rings is 1. The normalized spacial score (nSPS) is 10.3. The number of carbonyl (C=O) groups excluding carboxylic acids is 1. The largest absolute Gasteiger partial charge is 0.484 e. The number of hydrogen-bond acceptors (Lipinski definition) is 4. The second-order valence-electron chi connectivity index (χ2n) is 5.23. The lowest BCUT2D eigenvalue weighted by Gasteiger charge is -2.07. The van der Waals surface area contributed by atoms with Crippen LogP contribution in [-0.2, 0) is 11.2 Å². The number of para-hydroxylation sites is 2. The molecule has 6 nitrogen and oxygen atoms in total. The number of nitrogens with zero attached hydrogens (tertiary/aromatic N) is 2. The molecule has 2 N–H and O–H groups in total. The van der Waals surface area contributed by atoms with Crippen molar-refractivity contribution in [2.45, 2.75) is 6.42 Å². The Morgan fingerprint density at radius 1 is 1.25 bits per heavy atom. The molecule has 2 aromatic carbocycles. The van der Waals surface area contributed by atoms with Crippen LogP contribution >= 0.6 is 0 Å². The maximum absolute atomic E-state index is 11.8. The second kappa shape index (κ2) is 7.29. The highest BCUT2D eigenvalue weighted by Gasteiger charge is 2.05. The van der Waals surface area contributed by atoms with Crippen molar-refractivity contribution < 1.29 is 9.53 Å². The van der Waals surface area contributed by atoms with E-state index in [0.717, 1.165) is 16.9 Å². The van der Waals surface area contributed by atoms with Gasteiger partial charge in [0, 0.05) is 13.0 Å². The standard InChI is InChI=1S/C18H16N4O2/c19-11-13-4-3-5-14(10-13)24-12-18(23)20-9-8-17-21-15-6-1-2-7-16(15)22-17/h1-7,10H,8-9,12H2,(H,20,23)(H,21,22). The van der Waals surface area contributed by atoms with Crippen molar-refractivity contribution in [2.24, 2.45) is 0 Å². The van der Waals surface area contributed by atoms with Crippen LogP contribution in [0, 0.1) is 11.3 Å². The summed E-state index contributed by atoms with van der Waals surface area (Å²) in [4.78, 5) is 19.5. The lowest BCUT2D eigenvalue weighted by atomic mass is 10.2. The summed E-state index contributed by atoms with van der Waals surface area (Å²) < 4.78 is 5.37. The highest BCUT2D eigenvalue weighted by Crippen LogP contribution is 2.12. The van der Waals surface area contributed by atoms with Crippen molar-refractivity contribution in [3.63, 3.8) is 0 Å². The number of H-pyrrole nitrogens is 1. The summed E-state index contributed by atoms with van der Waals surface area (Å²) in [6, 6.07) is 16.5. The first-order valence-electron chi connectivity index (χ1n) is 7.58. The Hall–Kier alpha value is -3.33. The molecule has 3 rings (SSSR count). The van der Waals surface area contributed by atoms with E-state index in [1.165, 1.54) is 0 Å². The molecule has 0 aliphatic heterocycles. The Balaban J connectivity index is 1.44. The molecule has 1 aromatic heterocycles. The molecule has 0 atom stereocenters. The predicted molar refractivity (Wildman–Crippen MR) is 89.5 cm³/mol. The molecule has 120 valence electrons. The molecule has 0 spiro atoms. The number of carbonyl (C=O) groups is 1. The van der Waals surface area contributed by atoms with Gasteiger partial charge in [0.2, 0.25) is 0 Å². The third kappa shape index (κ3) is 3.90. The Bertz CT molecular complexity index is 862. The van der Waals surface area contributed by atoms with E-state index < -0.39 is 0 Å². The molecular weight excluding hydrogens is 304 g/mol. The van der Waals surface area contributed by atoms with Gasteiger partial charge < -0.3 is 15.0 Å². The molecule has 0 saturated heterocycles. The van der Waals surface area contributed by atoms with Crippen molar-refractivity contribution in [1.82, 2.24) is 15.3 Å². The van der Waals surface area contributed by atoms with Gasteiger partial charge in [-0.3, -0.25) is 4.79 Å². The van der Waals surface area contributed by atoms with Crippen LogP contribution < -0.4 is 10.1 Å². The van der Waals surface area contributed by atoms with Crippen molar-refractivity contribution in [3.05, 3.63) is 59.9 Å². The van der Waals surface area contributed by atoms with Crippen LogP contribution in [0.2, 0.25) is 0 Å². The average molecular weight is 320 g/mol. The number of ether oxygens (including phenoxy) is 1. The minimum atomic E-state index is -0.214. The molecule has 1 heterocycles. The lowest BCUT2D eigenvalue weighted by molar-refractivity contribution is -0.123. The van der Waals surface area contributed by atoms with Crippen LogP contribution in [0.15, 0.2) is 48.5 Å². The SMILES string of the molecule is N#Cc1cccc(OCC(=O)NCCc2nc3ccccc3[nH]2)c1. The Labute approximate surface area is 139 Å². The number of hydrogen-bond donors (Lipinski definition) is 2. The number of fused-ring (bicyclic) bond motifs is 1. The van der Waals surface area contributed by atoms with Gasteiger partial charge in [-0.15, -0.1) is 0 Å². The van der Waals surface area contributed by atoms with E-state index in [4.69, 9.17) is 10.00 Å². The molecule has 0 aliphatic rings. The summed E-state index contributed by atoms with van der Waals surface area (Å²) in [5.41, 5.74) is 2.40. The zero-order chi connectivity index (χ0) is 16.8. The van der Waals surface area contributed by atoms with Gasteiger partial charge in [-0.25, -0.2) is 4.98 Å². The summed E-state index contributed by atoms with van der Waals surface area (Å²) >= 11 is 0. The van der Waals surface area contributed by atoms with E-state index in [2.05, 4.69) is 15.3 Å². The van der Waals surface area contributed by atoms with Crippen LogP contribution in [0.4, 0.5) is 0 Å². The minimum Gasteiger partial charge on any atom is -0.484 e. The smallest absolute Gasteiger partial charge is 0.257 e. The van der Waals surface area contributed by atoms with Gasteiger partial charge in [0.25, 0.3) is 5.91 Å². The highest BCUT2D eigenvalue weighted by molar-refractivity contribution is 5.77. The number of nitrogens with one attached hydrogen (secondary N) is 2. The highest BCUT2D eigenvalue weighted by atomic mass is 16.5. The molecule has 0 unspecified atom stereocenters. The van der Waals surface area contributed by atoms with E-state index in [-0.39, 0.29) is 12.5 Å². The van der Waals surface area contributed by atoms with Crippen LogP contribution in [0.25, 0.3) is 11.0 Å². The Kier molecular flexibility index (Phi) is 4.73. The number of aromatic amines is 1. The first-order valence-corrected chi connectivity index (χ1v) is 7.58. The van der Waals surface area contributed by atoms with E-state index in [1.54, 1.807) is 24.3 Å². The molecule has 0 aliphatic carbocycles. The molecule has 24 heavy (non-hydrogen) atoms. The summed E-state index contributed by atoms with van der Waals surface area (Å²) in [6.45, 7) is 0.384. The average Bonchev–Trinajstić information content (AvgIpc) is 3.03. The summed E-state index contributed by atoms with van der Waals surface area (Å²) in [6.07, 6.45) is 0.615. The number of aromatic nitrogens is 2. The van der Waals surface area contributed by atoms with E-state index in [9.17, 15) is 4.79 Å². The third-order valence-corrected chi connectivity index (χ3v) is 3.46. The Morgan fingerprint density at radius 2 is 2.12 bits per heavy atom. The molecule has 3 aromatic rings. The number of amides is 1. The fourth-order valence-electron chi connectivity index (χ4n) is 2.30. The summed E-state index contributed by atoms with van der Waals surface area (Å²) in [7, 11) is 0. The van der Waals surface area contributed by atoms with Crippen LogP contribution in [0.3, 0.4) is 0 Å². The molecule has 0 saturated carbocycles. The number of rotatable bonds is 6. The molecule has 1 amide bonds. The number of nitriles is 1. The van der Waals surface area contributed by atoms with E-state index >= 15 is 0 Å². The van der Waals surface area contributed by atoms with Crippen LogP contribution in [0.5, 0.6) is 5.75 Å². The zero-order valence-electron chi connectivity index (χ0n) is 13.0. The molecule has 0 bridgehead atoms. The molecule has 6 heteroatoms. The summed E-state index contributed by atoms with van der Waals surface area (Å²) in [5.74, 6) is 1.12. The van der Waals surface area contributed by atoms with E-state index in [0.29, 0.717) is 24.3 Å². The second-order valence-corrected chi connectivity index (χ2v) is 5.23. The van der Waals surface area contributed by atoms with Crippen molar-refractivity contribution in [2.75, 3.05) is 13.2 Å². The fraction of sp³-hybridized carbons (Fsp3) is 0.167. The number of benzene rings is 2. The Morgan fingerprint density at radius 3 is 2.96 bits per heavy atom. The maximum Gasteiger partial charge on any atom is 0.257 e. The van der Waals surface area contributed by atoms with Crippen molar-refractivity contribution in [3.8, 4) is 11.8 Å². The molecular formula is C18H16N4O2. The quantitative estimate of drug-likeness (QED) is 0.728. The summed E-state index contributed by atoms with van der Waals surface area (Å²) in [5, 5.41) is 11.6. The predicted octanol–water partition coefficient (Wildman–Crippen LogP) is 2.17. The van der Waals surface area contributed by atoms with Gasteiger partial charge >= 0.3 is 0 Å². The monoisotopic (exact) mass is 320 g/mol. The lowest BCUT2D eigenvalue weighted by Crippen LogP contribution is -2.30. The zero-order valence-corrected chi connectivity index (χ0v) is 13.0. The minimum absolute atomic E-state index is 0.0883. The van der Waals surface area contributed by atoms with Crippen LogP contribution in [-0.4, -0.2) is 29.0 Å². The van der Waals surface area contributed by atoms with Gasteiger partial charge in [0.05, 0.1) is 22.7 Å². The molecule has 0 radical (unpaired) electrons. The van der Waals surface area contributed by atoms with Gasteiger partial charge in [-0.05, 0) is 30.3 Å². The fourth-order valence-corrected chi connectivity index (χ4v) is 2.30. The third-order valence-electron chi connectivity index (χ3n) is 3.46. The first kappa shape index (κ1) is 15.6. The van der Waals surface area contributed by atoms with E-state index in [1.807, 2.05) is 30.3 Å². The van der Waals surface area contributed by atoms with Gasteiger partial charge in [0.1, 0.15) is 11.6 Å². The molecule has 0 fully saturated rings. The maximum atomic E-state index is 11.8. The van der Waals surface area contributed by atoms with Gasteiger partial charge in [0.15, 0.2) is 6.61 Å². The topological polar surface area (TPSA) is 90.8 Å². The van der Waals surface area contributed by atoms with Crippen LogP contribution in [0.1, 0.15) is 11.4 Å². The van der Waals surface area contributed by atoms with Gasteiger partial charge in [-0.2, -0.15) is 5.26 Å².